The molecule has 1 aromatic heterocycles. The van der Waals surface area contributed by atoms with E-state index in [1.807, 2.05) is 24.3 Å². The van der Waals surface area contributed by atoms with Gasteiger partial charge < -0.3 is 5.73 Å². The molecule has 19 heavy (non-hydrogen) atoms. The summed E-state index contributed by atoms with van der Waals surface area (Å²) in [5, 5.41) is 14.5. The van der Waals surface area contributed by atoms with Gasteiger partial charge in [0.15, 0.2) is 0 Å². The van der Waals surface area contributed by atoms with Gasteiger partial charge in [0.1, 0.15) is 6.54 Å². The van der Waals surface area contributed by atoms with Crippen LogP contribution in [0.1, 0.15) is 5.56 Å². The van der Waals surface area contributed by atoms with E-state index in [0.717, 1.165) is 14.8 Å². The average molecular weight is 324 g/mol. The van der Waals surface area contributed by atoms with Crippen molar-refractivity contribution in [1.29, 1.82) is 0 Å². The zero-order valence-corrected chi connectivity index (χ0v) is 11.3. The van der Waals surface area contributed by atoms with Crippen molar-refractivity contribution in [2.75, 3.05) is 5.73 Å². The van der Waals surface area contributed by atoms with Crippen molar-refractivity contribution >= 4 is 34.0 Å². The number of hydrazone groups is 1. The van der Waals surface area contributed by atoms with Gasteiger partial charge in [-0.3, -0.25) is 4.79 Å². The van der Waals surface area contributed by atoms with E-state index in [1.54, 1.807) is 0 Å². The number of rotatable bonds is 4. The molecule has 8 nitrogen and oxygen atoms in total. The standard InChI is InChI=1S/C10H10BrN7O/c11-8-3-1-7(2-4-8)5-13-14-9(19)6-18-16-10(12)15-17-18/h1-5H,6H2,(H2,12,16)(H,14,19). The SMILES string of the molecule is Nc1nnn(CC(=O)NN=Cc2ccc(Br)cc2)n1. The zero-order chi connectivity index (χ0) is 13.7. The number of nitrogens with zero attached hydrogens (tertiary/aromatic N) is 5. The van der Waals surface area contributed by atoms with Gasteiger partial charge in [0, 0.05) is 4.47 Å². The Hall–Kier alpha value is -2.29. The highest BCUT2D eigenvalue weighted by molar-refractivity contribution is 9.10. The largest absolute Gasteiger partial charge is 0.365 e. The molecule has 9 heteroatoms. The predicted octanol–water partition coefficient (Wildman–Crippen LogP) is 0.168. The van der Waals surface area contributed by atoms with E-state index < -0.39 is 0 Å². The smallest absolute Gasteiger partial charge is 0.263 e. The second kappa shape index (κ2) is 6.05. The molecule has 0 saturated carbocycles. The van der Waals surface area contributed by atoms with Crippen LogP contribution in [0.15, 0.2) is 33.8 Å². The summed E-state index contributed by atoms with van der Waals surface area (Å²) in [6.45, 7) is -0.0954. The molecule has 3 N–H and O–H groups in total. The van der Waals surface area contributed by atoms with Crippen LogP contribution in [0.4, 0.5) is 5.95 Å². The van der Waals surface area contributed by atoms with E-state index in [-0.39, 0.29) is 18.4 Å². The topological polar surface area (TPSA) is 111 Å². The Bertz CT molecular complexity index is 592. The molecule has 0 fully saturated rings. The van der Waals surface area contributed by atoms with E-state index in [4.69, 9.17) is 5.73 Å². The van der Waals surface area contributed by atoms with Gasteiger partial charge in [-0.15, -0.1) is 5.10 Å². The minimum absolute atomic E-state index is 0.0196. The first-order valence-electron chi connectivity index (χ1n) is 5.24. The third-order valence-electron chi connectivity index (χ3n) is 2.03. The number of hydrogen-bond acceptors (Lipinski definition) is 6. The Balaban J connectivity index is 1.84. The number of anilines is 1. The van der Waals surface area contributed by atoms with Gasteiger partial charge in [-0.05, 0) is 22.9 Å². The molecular formula is C10H10BrN7O. The number of nitrogen functional groups attached to an aromatic ring is 1. The number of hydrogen-bond donors (Lipinski definition) is 2. The Kier molecular flexibility index (Phi) is 4.18. The first kappa shape index (κ1) is 13.1. The summed E-state index contributed by atoms with van der Waals surface area (Å²) in [6, 6.07) is 7.48. The lowest BCUT2D eigenvalue weighted by Crippen LogP contribution is -2.24. The second-order valence-corrected chi connectivity index (χ2v) is 4.44. The summed E-state index contributed by atoms with van der Waals surface area (Å²) in [4.78, 5) is 12.5. The minimum atomic E-state index is -0.370. The monoisotopic (exact) mass is 323 g/mol. The normalized spacial score (nSPS) is 10.8. The highest BCUT2D eigenvalue weighted by Gasteiger charge is 2.04. The average Bonchev–Trinajstić information content (AvgIpc) is 2.77. The zero-order valence-electron chi connectivity index (χ0n) is 9.69. The van der Waals surface area contributed by atoms with Crippen LogP contribution in [0.5, 0.6) is 0 Å². The summed E-state index contributed by atoms with van der Waals surface area (Å²) in [5.74, 6) is -0.350. The van der Waals surface area contributed by atoms with Crippen molar-refractivity contribution in [3.63, 3.8) is 0 Å². The van der Waals surface area contributed by atoms with E-state index in [0.29, 0.717) is 0 Å². The van der Waals surface area contributed by atoms with Crippen LogP contribution in [0, 0.1) is 0 Å². The number of tetrazole rings is 1. The van der Waals surface area contributed by atoms with Crippen molar-refractivity contribution in [2.24, 2.45) is 5.10 Å². The predicted molar refractivity (Wildman–Crippen MR) is 72.1 cm³/mol. The number of benzene rings is 1. The summed E-state index contributed by atoms with van der Waals surface area (Å²) < 4.78 is 0.975. The molecule has 0 aliphatic carbocycles. The molecule has 0 atom stereocenters. The van der Waals surface area contributed by atoms with Crippen LogP contribution in [-0.2, 0) is 11.3 Å². The molecule has 0 radical (unpaired) electrons. The molecule has 98 valence electrons. The maximum Gasteiger partial charge on any atom is 0.263 e. The van der Waals surface area contributed by atoms with Crippen LogP contribution in [0.3, 0.4) is 0 Å². The van der Waals surface area contributed by atoms with Crippen LogP contribution < -0.4 is 11.2 Å². The van der Waals surface area contributed by atoms with Gasteiger partial charge in [0.2, 0.25) is 0 Å². The number of carbonyl (C=O) groups is 1. The Labute approximate surface area is 116 Å². The van der Waals surface area contributed by atoms with Crippen molar-refractivity contribution in [1.82, 2.24) is 25.6 Å². The molecule has 2 rings (SSSR count). The molecule has 0 saturated heterocycles. The lowest BCUT2D eigenvalue weighted by atomic mass is 10.2. The molecule has 0 bridgehead atoms. The van der Waals surface area contributed by atoms with E-state index in [1.165, 1.54) is 6.21 Å². The minimum Gasteiger partial charge on any atom is -0.365 e. The number of nitrogens with two attached hydrogens (primary N) is 1. The third kappa shape index (κ3) is 4.14. The highest BCUT2D eigenvalue weighted by atomic mass is 79.9. The molecule has 1 amide bonds. The van der Waals surface area contributed by atoms with Gasteiger partial charge in [-0.1, -0.05) is 33.2 Å². The molecule has 2 aromatic rings. The molecule has 0 unspecified atom stereocenters. The highest BCUT2D eigenvalue weighted by Crippen LogP contribution is 2.08. The number of aromatic nitrogens is 4. The van der Waals surface area contributed by atoms with E-state index in [2.05, 4.69) is 41.9 Å². The molecule has 0 aliphatic heterocycles. The van der Waals surface area contributed by atoms with Crippen LogP contribution >= 0.6 is 15.9 Å². The molecule has 0 spiro atoms. The third-order valence-corrected chi connectivity index (χ3v) is 2.55. The molecule has 1 aromatic carbocycles. The maximum atomic E-state index is 11.5. The van der Waals surface area contributed by atoms with Gasteiger partial charge in [-0.2, -0.15) is 9.90 Å². The van der Waals surface area contributed by atoms with Gasteiger partial charge in [0.25, 0.3) is 11.9 Å². The van der Waals surface area contributed by atoms with Crippen molar-refractivity contribution in [2.45, 2.75) is 6.54 Å². The number of amides is 1. The quantitative estimate of drug-likeness (QED) is 0.615. The molecule has 0 aliphatic rings. The van der Waals surface area contributed by atoms with Gasteiger partial charge in [0.05, 0.1) is 6.21 Å². The maximum absolute atomic E-state index is 11.5. The second-order valence-electron chi connectivity index (χ2n) is 3.52. The lowest BCUT2D eigenvalue weighted by Gasteiger charge is -1.98. The Morgan fingerprint density at radius 1 is 1.47 bits per heavy atom. The summed E-state index contributed by atoms with van der Waals surface area (Å²) in [6.07, 6.45) is 1.54. The molecular weight excluding hydrogens is 314 g/mol. The number of halogens is 1. The van der Waals surface area contributed by atoms with Crippen LogP contribution in [0.25, 0.3) is 0 Å². The number of nitrogens with one attached hydrogen (secondary N) is 1. The fourth-order valence-electron chi connectivity index (χ4n) is 1.21. The fraction of sp³-hybridized carbons (Fsp3) is 0.100. The van der Waals surface area contributed by atoms with Crippen molar-refractivity contribution < 1.29 is 4.79 Å². The molecule has 1 heterocycles. The van der Waals surface area contributed by atoms with Crippen LogP contribution in [0.2, 0.25) is 0 Å². The summed E-state index contributed by atoms with van der Waals surface area (Å²) >= 11 is 3.33. The lowest BCUT2D eigenvalue weighted by molar-refractivity contribution is -0.122. The van der Waals surface area contributed by atoms with Crippen LogP contribution in [-0.4, -0.2) is 32.3 Å². The summed E-state index contributed by atoms with van der Waals surface area (Å²) in [7, 11) is 0. The first-order chi connectivity index (χ1) is 9.13. The Morgan fingerprint density at radius 2 is 2.21 bits per heavy atom. The fourth-order valence-corrected chi connectivity index (χ4v) is 1.48. The first-order valence-corrected chi connectivity index (χ1v) is 6.03. The van der Waals surface area contributed by atoms with Crippen molar-refractivity contribution in [3.05, 3.63) is 34.3 Å². The van der Waals surface area contributed by atoms with Gasteiger partial charge >= 0.3 is 0 Å². The van der Waals surface area contributed by atoms with E-state index >= 15 is 0 Å². The van der Waals surface area contributed by atoms with Gasteiger partial charge in [-0.25, -0.2) is 5.43 Å². The Morgan fingerprint density at radius 3 is 2.84 bits per heavy atom. The van der Waals surface area contributed by atoms with Crippen molar-refractivity contribution in [3.8, 4) is 0 Å². The summed E-state index contributed by atoms with van der Waals surface area (Å²) in [5.41, 5.74) is 8.49. The number of carbonyl (C=O) groups excluding carboxylic acids is 1. The van der Waals surface area contributed by atoms with E-state index in [9.17, 15) is 4.79 Å².